The molecular weight excluding hydrogens is 300 g/mol. The first kappa shape index (κ1) is 14.4. The topological polar surface area (TPSA) is 65.1 Å². The molecule has 0 radical (unpaired) electrons. The minimum Gasteiger partial charge on any atom is -0.366 e. The van der Waals surface area contributed by atoms with E-state index in [9.17, 15) is 9.59 Å². The quantitative estimate of drug-likeness (QED) is 0.788. The number of halogens is 1. The van der Waals surface area contributed by atoms with Crippen LogP contribution in [0.2, 0.25) is 5.02 Å². The molecule has 0 bridgehead atoms. The maximum absolute atomic E-state index is 12.8. The van der Waals surface area contributed by atoms with Gasteiger partial charge in [0.15, 0.2) is 0 Å². The van der Waals surface area contributed by atoms with Gasteiger partial charge in [0.25, 0.3) is 11.8 Å². The van der Waals surface area contributed by atoms with E-state index in [1.54, 1.807) is 43.3 Å². The van der Waals surface area contributed by atoms with Gasteiger partial charge < -0.3 is 5.73 Å². The highest BCUT2D eigenvalue weighted by Gasteiger charge is 2.22. The van der Waals surface area contributed by atoms with Crippen LogP contribution in [0.15, 0.2) is 48.5 Å². The van der Waals surface area contributed by atoms with Crippen LogP contribution in [0.5, 0.6) is 0 Å². The molecule has 5 heteroatoms. The second kappa shape index (κ2) is 5.31. The molecule has 1 amide bonds. The molecule has 3 rings (SSSR count). The number of carbonyl (C=O) groups is 2. The van der Waals surface area contributed by atoms with Gasteiger partial charge in [0, 0.05) is 21.7 Å². The van der Waals surface area contributed by atoms with Crippen LogP contribution in [0.1, 0.15) is 26.4 Å². The van der Waals surface area contributed by atoms with Crippen LogP contribution in [0.4, 0.5) is 0 Å². The summed E-state index contributed by atoms with van der Waals surface area (Å²) >= 11 is 5.86. The molecule has 2 aromatic carbocycles. The van der Waals surface area contributed by atoms with Crippen molar-refractivity contribution in [3.8, 4) is 0 Å². The SMILES string of the molecule is Cc1c(C(N)=O)c2ccccc2n1C(=O)c1ccc(Cl)cc1. The highest BCUT2D eigenvalue weighted by Crippen LogP contribution is 2.26. The number of amides is 1. The number of carbonyl (C=O) groups excluding carboxylic acids is 2. The molecule has 0 aliphatic rings. The van der Waals surface area contributed by atoms with E-state index in [2.05, 4.69) is 0 Å². The average molecular weight is 313 g/mol. The van der Waals surface area contributed by atoms with Crippen LogP contribution >= 0.6 is 11.6 Å². The Morgan fingerprint density at radius 2 is 1.68 bits per heavy atom. The summed E-state index contributed by atoms with van der Waals surface area (Å²) in [6.07, 6.45) is 0. The van der Waals surface area contributed by atoms with Crippen molar-refractivity contribution in [2.45, 2.75) is 6.92 Å². The molecule has 4 nitrogen and oxygen atoms in total. The first-order valence-electron chi connectivity index (χ1n) is 6.71. The predicted octanol–water partition coefficient (Wildman–Crippen LogP) is 3.39. The van der Waals surface area contributed by atoms with Gasteiger partial charge in [0.2, 0.25) is 0 Å². The van der Waals surface area contributed by atoms with Gasteiger partial charge in [0.1, 0.15) is 0 Å². The summed E-state index contributed by atoms with van der Waals surface area (Å²) in [7, 11) is 0. The molecule has 2 N–H and O–H groups in total. The Kier molecular flexibility index (Phi) is 3.47. The van der Waals surface area contributed by atoms with Gasteiger partial charge in [-0.15, -0.1) is 0 Å². The molecule has 1 aromatic heterocycles. The summed E-state index contributed by atoms with van der Waals surface area (Å²) < 4.78 is 1.51. The highest BCUT2D eigenvalue weighted by molar-refractivity contribution is 6.30. The lowest BCUT2D eigenvalue weighted by Gasteiger charge is -2.07. The van der Waals surface area contributed by atoms with Gasteiger partial charge >= 0.3 is 0 Å². The van der Waals surface area contributed by atoms with E-state index in [0.29, 0.717) is 32.7 Å². The number of aromatic nitrogens is 1. The van der Waals surface area contributed by atoms with Crippen molar-refractivity contribution in [1.82, 2.24) is 4.57 Å². The standard InChI is InChI=1S/C17H13ClN2O2/c1-10-15(16(19)21)13-4-2-3-5-14(13)20(10)17(22)11-6-8-12(18)9-7-11/h2-9H,1H3,(H2,19,21). The van der Waals surface area contributed by atoms with Crippen molar-refractivity contribution in [2.24, 2.45) is 5.73 Å². The predicted molar refractivity (Wildman–Crippen MR) is 86.4 cm³/mol. The van der Waals surface area contributed by atoms with Crippen molar-refractivity contribution >= 4 is 34.3 Å². The molecule has 0 aliphatic carbocycles. The van der Waals surface area contributed by atoms with E-state index >= 15 is 0 Å². The smallest absolute Gasteiger partial charge is 0.262 e. The van der Waals surface area contributed by atoms with Gasteiger partial charge in [-0.25, -0.2) is 0 Å². The summed E-state index contributed by atoms with van der Waals surface area (Å²) in [5.74, 6) is -0.769. The number of rotatable bonds is 2. The van der Waals surface area contributed by atoms with Gasteiger partial charge in [-0.3, -0.25) is 14.2 Å². The van der Waals surface area contributed by atoms with Crippen LogP contribution in [0.3, 0.4) is 0 Å². The number of nitrogens with two attached hydrogens (primary N) is 1. The minimum absolute atomic E-state index is 0.224. The number of benzene rings is 2. The molecule has 110 valence electrons. The molecule has 0 unspecified atom stereocenters. The summed E-state index contributed by atoms with van der Waals surface area (Å²) in [6, 6.07) is 13.8. The third kappa shape index (κ3) is 2.18. The number of hydrogen-bond donors (Lipinski definition) is 1. The van der Waals surface area contributed by atoms with Crippen LogP contribution in [0.25, 0.3) is 10.9 Å². The van der Waals surface area contributed by atoms with Crippen molar-refractivity contribution in [1.29, 1.82) is 0 Å². The number of primary amides is 1. The van der Waals surface area contributed by atoms with Crippen LogP contribution < -0.4 is 5.73 Å². The minimum atomic E-state index is -0.545. The monoisotopic (exact) mass is 312 g/mol. The molecule has 0 fully saturated rings. The van der Waals surface area contributed by atoms with E-state index in [1.165, 1.54) is 4.57 Å². The maximum atomic E-state index is 12.8. The first-order valence-corrected chi connectivity index (χ1v) is 7.08. The van der Waals surface area contributed by atoms with E-state index in [1.807, 2.05) is 12.1 Å². The van der Waals surface area contributed by atoms with Crippen LogP contribution in [-0.4, -0.2) is 16.4 Å². The van der Waals surface area contributed by atoms with E-state index in [-0.39, 0.29) is 5.91 Å². The first-order chi connectivity index (χ1) is 10.5. The molecule has 0 saturated heterocycles. The summed E-state index contributed by atoms with van der Waals surface area (Å²) in [5, 5.41) is 1.23. The van der Waals surface area contributed by atoms with E-state index in [4.69, 9.17) is 17.3 Å². The van der Waals surface area contributed by atoms with Crippen LogP contribution in [0, 0.1) is 6.92 Å². The average Bonchev–Trinajstić information content (AvgIpc) is 2.79. The lowest BCUT2D eigenvalue weighted by molar-refractivity contribution is 0.0963. The molecule has 0 saturated carbocycles. The number of fused-ring (bicyclic) bond motifs is 1. The lowest BCUT2D eigenvalue weighted by atomic mass is 10.1. The Labute approximate surface area is 132 Å². The zero-order valence-electron chi connectivity index (χ0n) is 11.8. The zero-order valence-corrected chi connectivity index (χ0v) is 12.6. The second-order valence-electron chi connectivity index (χ2n) is 4.99. The Balaban J connectivity index is 2.27. The molecule has 1 heterocycles. The number of para-hydroxylation sites is 1. The maximum Gasteiger partial charge on any atom is 0.262 e. The fourth-order valence-corrected chi connectivity index (χ4v) is 2.79. The third-order valence-electron chi connectivity index (χ3n) is 3.65. The normalized spacial score (nSPS) is 10.8. The van der Waals surface area contributed by atoms with Crippen molar-refractivity contribution in [3.63, 3.8) is 0 Å². The van der Waals surface area contributed by atoms with Crippen molar-refractivity contribution < 1.29 is 9.59 Å². The number of nitrogens with zero attached hydrogens (tertiary/aromatic N) is 1. The van der Waals surface area contributed by atoms with Gasteiger partial charge in [0.05, 0.1) is 11.1 Å². The van der Waals surface area contributed by atoms with Gasteiger partial charge in [-0.1, -0.05) is 29.8 Å². The van der Waals surface area contributed by atoms with E-state index in [0.717, 1.165) is 0 Å². The Hall–Kier alpha value is -2.59. The van der Waals surface area contributed by atoms with Gasteiger partial charge in [-0.05, 0) is 37.3 Å². The summed E-state index contributed by atoms with van der Waals surface area (Å²) in [4.78, 5) is 24.5. The second-order valence-corrected chi connectivity index (χ2v) is 5.43. The molecule has 3 aromatic rings. The van der Waals surface area contributed by atoms with Crippen LogP contribution in [-0.2, 0) is 0 Å². The summed E-state index contributed by atoms with van der Waals surface area (Å²) in [5.41, 5.74) is 7.53. The van der Waals surface area contributed by atoms with Crippen molar-refractivity contribution in [3.05, 3.63) is 70.4 Å². The Bertz CT molecular complexity index is 895. The molecular formula is C17H13ClN2O2. The highest BCUT2D eigenvalue weighted by atomic mass is 35.5. The van der Waals surface area contributed by atoms with Crippen molar-refractivity contribution in [2.75, 3.05) is 0 Å². The van der Waals surface area contributed by atoms with E-state index < -0.39 is 5.91 Å². The molecule has 0 spiro atoms. The summed E-state index contributed by atoms with van der Waals surface area (Å²) in [6.45, 7) is 1.72. The molecule has 22 heavy (non-hydrogen) atoms. The Morgan fingerprint density at radius 1 is 1.05 bits per heavy atom. The van der Waals surface area contributed by atoms with Gasteiger partial charge in [-0.2, -0.15) is 0 Å². The largest absolute Gasteiger partial charge is 0.366 e. The molecule has 0 atom stereocenters. The zero-order chi connectivity index (χ0) is 15.9. The third-order valence-corrected chi connectivity index (χ3v) is 3.90. The Morgan fingerprint density at radius 3 is 2.32 bits per heavy atom. The molecule has 0 aliphatic heterocycles. The lowest BCUT2D eigenvalue weighted by Crippen LogP contribution is -2.16. The fourth-order valence-electron chi connectivity index (χ4n) is 2.66. The fraction of sp³-hybridized carbons (Fsp3) is 0.0588. The number of hydrogen-bond acceptors (Lipinski definition) is 2.